The molecular weight excluding hydrogens is 420 g/mol. The maximum Gasteiger partial charge on any atom is 0.434 e. The minimum atomic E-state index is -5.05. The van der Waals surface area contributed by atoms with Crippen molar-refractivity contribution in [2.24, 2.45) is 0 Å². The highest BCUT2D eigenvalue weighted by atomic mass is 19.4. The van der Waals surface area contributed by atoms with Gasteiger partial charge < -0.3 is 10.1 Å². The number of H-pyrrole nitrogens is 1. The number of benzene rings is 2. The molecule has 2 heterocycles. The van der Waals surface area contributed by atoms with E-state index in [0.29, 0.717) is 11.3 Å². The zero-order valence-corrected chi connectivity index (χ0v) is 15.6. The molecule has 0 spiro atoms. The number of amides is 2. The Labute approximate surface area is 172 Å². The first-order valence-corrected chi connectivity index (χ1v) is 8.94. The summed E-state index contributed by atoms with van der Waals surface area (Å²) in [6.45, 7) is -1.07. The molecule has 2 amide bonds. The number of rotatable bonds is 4. The fraction of sp³-hybridized carbons (Fsp3) is 0.150. The van der Waals surface area contributed by atoms with Crippen molar-refractivity contribution in [3.05, 3.63) is 71.7 Å². The second-order valence-electron chi connectivity index (χ2n) is 6.76. The summed E-state index contributed by atoms with van der Waals surface area (Å²) in [5.41, 5.74) is -2.63. The van der Waals surface area contributed by atoms with Crippen LogP contribution in [0.4, 0.5) is 28.0 Å². The Hall–Kier alpha value is -3.89. The number of nitrogens with one attached hydrogen (secondary N) is 3. The molecule has 160 valence electrons. The molecule has 1 aliphatic rings. The fourth-order valence-electron chi connectivity index (χ4n) is 3.28. The van der Waals surface area contributed by atoms with E-state index in [2.05, 4.69) is 20.8 Å². The molecular formula is C20H14F4N4O3. The Morgan fingerprint density at radius 3 is 2.52 bits per heavy atom. The number of nitrogens with zero attached hydrogens (tertiary/aromatic N) is 1. The molecule has 11 heteroatoms. The minimum Gasteiger partial charge on any atom is -0.426 e. The van der Waals surface area contributed by atoms with Gasteiger partial charge in [0.05, 0.1) is 17.9 Å². The van der Waals surface area contributed by atoms with Crippen molar-refractivity contribution < 1.29 is 31.9 Å². The predicted molar refractivity (Wildman–Crippen MR) is 101 cm³/mol. The van der Waals surface area contributed by atoms with Crippen LogP contribution < -0.4 is 10.6 Å². The number of aromatic amines is 1. The van der Waals surface area contributed by atoms with Crippen LogP contribution >= 0.6 is 0 Å². The summed E-state index contributed by atoms with van der Waals surface area (Å²) in [6.07, 6.45) is -4.89. The van der Waals surface area contributed by atoms with Crippen LogP contribution in [0, 0.1) is 5.82 Å². The lowest BCUT2D eigenvalue weighted by Gasteiger charge is -2.39. The number of halogens is 4. The topological polar surface area (TPSA) is 96.1 Å². The van der Waals surface area contributed by atoms with E-state index in [4.69, 9.17) is 4.74 Å². The van der Waals surface area contributed by atoms with Gasteiger partial charge in [0.25, 0.3) is 11.5 Å². The number of aromatic nitrogens is 2. The summed E-state index contributed by atoms with van der Waals surface area (Å²) in [7, 11) is 0. The molecule has 1 aliphatic heterocycles. The lowest BCUT2D eigenvalue weighted by Crippen LogP contribution is -2.56. The molecule has 7 nitrogen and oxygen atoms in total. The van der Waals surface area contributed by atoms with Crippen molar-refractivity contribution in [2.75, 3.05) is 11.9 Å². The van der Waals surface area contributed by atoms with Crippen molar-refractivity contribution in [1.29, 1.82) is 0 Å². The number of anilines is 1. The summed E-state index contributed by atoms with van der Waals surface area (Å²) in [4.78, 5) is 24.3. The van der Waals surface area contributed by atoms with Gasteiger partial charge in [0, 0.05) is 22.9 Å². The molecule has 1 unspecified atom stereocenters. The molecule has 1 aromatic heterocycles. The molecule has 4 rings (SSSR count). The Morgan fingerprint density at radius 2 is 1.87 bits per heavy atom. The quantitative estimate of drug-likeness (QED) is 0.542. The zero-order chi connectivity index (χ0) is 22.2. The Bertz CT molecular complexity index is 1130. The number of hydrogen-bond acceptors (Lipinski definition) is 4. The van der Waals surface area contributed by atoms with E-state index < -0.39 is 36.1 Å². The lowest BCUT2D eigenvalue weighted by molar-refractivity contribution is -0.261. The molecule has 0 aliphatic carbocycles. The van der Waals surface area contributed by atoms with Gasteiger partial charge in [-0.1, -0.05) is 12.1 Å². The second-order valence-corrected chi connectivity index (χ2v) is 6.76. The largest absolute Gasteiger partial charge is 0.434 e. The summed E-state index contributed by atoms with van der Waals surface area (Å²) >= 11 is 0. The van der Waals surface area contributed by atoms with E-state index in [1.54, 1.807) is 6.07 Å². The Balaban J connectivity index is 1.71. The second kappa shape index (κ2) is 7.42. The van der Waals surface area contributed by atoms with Gasteiger partial charge in [-0.25, -0.2) is 9.18 Å². The van der Waals surface area contributed by atoms with Crippen LogP contribution in [0.1, 0.15) is 15.9 Å². The van der Waals surface area contributed by atoms with E-state index in [1.165, 1.54) is 24.4 Å². The van der Waals surface area contributed by atoms with Crippen LogP contribution in [-0.4, -0.2) is 34.9 Å². The van der Waals surface area contributed by atoms with Crippen LogP contribution in [0.3, 0.4) is 0 Å². The van der Waals surface area contributed by atoms with E-state index in [1.807, 2.05) is 0 Å². The molecule has 0 saturated carbocycles. The smallest absolute Gasteiger partial charge is 0.426 e. The van der Waals surface area contributed by atoms with E-state index in [-0.39, 0.29) is 16.8 Å². The molecule has 2 aromatic carbocycles. The van der Waals surface area contributed by atoms with Gasteiger partial charge in [0.1, 0.15) is 5.82 Å². The molecule has 3 N–H and O–H groups in total. The number of hydrogen-bond donors (Lipinski definition) is 3. The van der Waals surface area contributed by atoms with Crippen LogP contribution in [0.15, 0.2) is 54.7 Å². The number of ether oxygens (including phenoxy) is 1. The number of cyclic esters (lactones) is 1. The highest BCUT2D eigenvalue weighted by molar-refractivity contribution is 5.94. The molecule has 0 saturated heterocycles. The SMILES string of the molecule is O=C1Nc2cc(-c3ccn[nH]3)ccc2C(CNC(=O)c2ccc(F)cc2)(C(F)(F)F)O1. The third-order valence-electron chi connectivity index (χ3n) is 4.83. The summed E-state index contributed by atoms with van der Waals surface area (Å²) in [5.74, 6) is -1.48. The first-order valence-electron chi connectivity index (χ1n) is 8.94. The average molecular weight is 434 g/mol. The Morgan fingerprint density at radius 1 is 1.13 bits per heavy atom. The lowest BCUT2D eigenvalue weighted by atomic mass is 9.88. The van der Waals surface area contributed by atoms with Gasteiger partial charge in [-0.15, -0.1) is 0 Å². The third kappa shape index (κ3) is 3.69. The number of fused-ring (bicyclic) bond motifs is 1. The molecule has 1 atom stereocenters. The Kier molecular flexibility index (Phi) is 4.88. The van der Waals surface area contributed by atoms with Crippen LogP contribution in [0.25, 0.3) is 11.3 Å². The van der Waals surface area contributed by atoms with Crippen LogP contribution in [0.5, 0.6) is 0 Å². The van der Waals surface area contributed by atoms with Crippen molar-refractivity contribution >= 4 is 17.7 Å². The maximum absolute atomic E-state index is 14.2. The monoisotopic (exact) mass is 434 g/mol. The van der Waals surface area contributed by atoms with Crippen LogP contribution in [0.2, 0.25) is 0 Å². The standard InChI is InChI=1S/C20H14F4N4O3/c21-13-4-1-11(2-5-13)17(29)25-10-19(20(22,23)24)14-6-3-12(15-7-8-26-28-15)9-16(14)27-18(30)31-19/h1-9H,10H2,(H,25,29)(H,26,28)(H,27,30). The summed E-state index contributed by atoms with van der Waals surface area (Å²) < 4.78 is 60.4. The van der Waals surface area contributed by atoms with Gasteiger partial charge in [0.15, 0.2) is 0 Å². The highest BCUT2D eigenvalue weighted by Crippen LogP contribution is 2.47. The minimum absolute atomic E-state index is 0.0474. The third-order valence-corrected chi connectivity index (χ3v) is 4.83. The van der Waals surface area contributed by atoms with Crippen LogP contribution in [-0.2, 0) is 10.3 Å². The molecule has 0 radical (unpaired) electrons. The first-order chi connectivity index (χ1) is 14.7. The van der Waals surface area contributed by atoms with Crippen molar-refractivity contribution in [1.82, 2.24) is 15.5 Å². The van der Waals surface area contributed by atoms with Gasteiger partial charge in [-0.2, -0.15) is 18.3 Å². The molecule has 31 heavy (non-hydrogen) atoms. The van der Waals surface area contributed by atoms with Gasteiger partial charge in [-0.3, -0.25) is 15.2 Å². The molecule has 0 fully saturated rings. The fourth-order valence-corrected chi connectivity index (χ4v) is 3.28. The number of carbonyl (C=O) groups is 2. The number of carbonyl (C=O) groups excluding carboxylic acids is 2. The zero-order valence-electron chi connectivity index (χ0n) is 15.6. The van der Waals surface area contributed by atoms with Crippen molar-refractivity contribution in [3.63, 3.8) is 0 Å². The van der Waals surface area contributed by atoms with E-state index >= 15 is 0 Å². The van der Waals surface area contributed by atoms with E-state index in [9.17, 15) is 27.2 Å². The maximum atomic E-state index is 14.2. The van der Waals surface area contributed by atoms with Gasteiger partial charge in [0.2, 0.25) is 0 Å². The number of alkyl halides is 3. The van der Waals surface area contributed by atoms with Crippen molar-refractivity contribution in [3.8, 4) is 11.3 Å². The van der Waals surface area contributed by atoms with Gasteiger partial charge in [-0.05, 0) is 36.4 Å². The normalized spacial score (nSPS) is 18.0. The first kappa shape index (κ1) is 20.4. The summed E-state index contributed by atoms with van der Waals surface area (Å²) in [6, 6.07) is 9.82. The van der Waals surface area contributed by atoms with Crippen molar-refractivity contribution in [2.45, 2.75) is 11.8 Å². The summed E-state index contributed by atoms with van der Waals surface area (Å²) in [5, 5.41) is 10.9. The van der Waals surface area contributed by atoms with Gasteiger partial charge >= 0.3 is 12.3 Å². The highest BCUT2D eigenvalue weighted by Gasteiger charge is 2.62. The average Bonchev–Trinajstić information content (AvgIpc) is 3.25. The predicted octanol–water partition coefficient (Wildman–Crippen LogP) is 3.97. The molecule has 0 bridgehead atoms. The van der Waals surface area contributed by atoms with E-state index in [0.717, 1.165) is 24.3 Å². The molecule has 3 aromatic rings.